The smallest absolute Gasteiger partial charge is 0.0571 e. The van der Waals surface area contributed by atoms with Crippen molar-refractivity contribution in [2.75, 3.05) is 18.5 Å². The van der Waals surface area contributed by atoms with Gasteiger partial charge in [0.1, 0.15) is 0 Å². The second-order valence-electron chi connectivity index (χ2n) is 4.49. The van der Waals surface area contributed by atoms with E-state index in [1.165, 1.54) is 0 Å². The first-order valence-corrected chi connectivity index (χ1v) is 6.11. The van der Waals surface area contributed by atoms with Gasteiger partial charge < -0.3 is 10.2 Å². The fourth-order valence-corrected chi connectivity index (χ4v) is 1.72. The zero-order valence-corrected chi connectivity index (χ0v) is 11.3. The number of hydrogen-bond acceptors (Lipinski definition) is 3. The standard InChI is InChI=1S/C14H23N3/c1-6-9-17(11(2)3)13-7-8-14(16-10-13)12(4)15-5/h6-8,10-12,15H,1,9H2,2-5H3. The Balaban J connectivity index is 2.87. The number of aromatic nitrogens is 1. The molecular weight excluding hydrogens is 210 g/mol. The first-order valence-electron chi connectivity index (χ1n) is 6.11. The van der Waals surface area contributed by atoms with Gasteiger partial charge in [0, 0.05) is 18.6 Å². The zero-order valence-electron chi connectivity index (χ0n) is 11.3. The van der Waals surface area contributed by atoms with E-state index in [2.05, 4.69) is 54.7 Å². The van der Waals surface area contributed by atoms with E-state index in [9.17, 15) is 0 Å². The molecule has 3 heteroatoms. The molecule has 3 nitrogen and oxygen atoms in total. The van der Waals surface area contributed by atoms with Crippen molar-refractivity contribution in [3.05, 3.63) is 36.7 Å². The molecule has 1 rings (SSSR count). The van der Waals surface area contributed by atoms with Crippen molar-refractivity contribution in [2.45, 2.75) is 32.9 Å². The highest BCUT2D eigenvalue weighted by Crippen LogP contribution is 2.18. The Kier molecular flexibility index (Phi) is 5.16. The monoisotopic (exact) mass is 233 g/mol. The Morgan fingerprint density at radius 1 is 1.41 bits per heavy atom. The van der Waals surface area contributed by atoms with Crippen molar-refractivity contribution in [3.63, 3.8) is 0 Å². The van der Waals surface area contributed by atoms with Crippen LogP contribution in [0, 0.1) is 0 Å². The highest BCUT2D eigenvalue weighted by molar-refractivity contribution is 5.46. The van der Waals surface area contributed by atoms with Gasteiger partial charge in [-0.2, -0.15) is 0 Å². The number of anilines is 1. The number of hydrogen-bond donors (Lipinski definition) is 1. The molecule has 0 aliphatic rings. The topological polar surface area (TPSA) is 28.2 Å². The van der Waals surface area contributed by atoms with Crippen molar-refractivity contribution in [1.82, 2.24) is 10.3 Å². The van der Waals surface area contributed by atoms with Gasteiger partial charge >= 0.3 is 0 Å². The Labute approximate surface area is 105 Å². The van der Waals surface area contributed by atoms with Gasteiger partial charge in [-0.3, -0.25) is 4.98 Å². The Morgan fingerprint density at radius 2 is 2.12 bits per heavy atom. The van der Waals surface area contributed by atoms with Gasteiger partial charge in [0.15, 0.2) is 0 Å². The molecule has 0 bridgehead atoms. The van der Waals surface area contributed by atoms with Gasteiger partial charge in [0.05, 0.1) is 17.6 Å². The molecule has 1 aromatic rings. The fraction of sp³-hybridized carbons (Fsp3) is 0.500. The van der Waals surface area contributed by atoms with Gasteiger partial charge in [0.25, 0.3) is 0 Å². The maximum atomic E-state index is 4.50. The molecule has 0 aliphatic heterocycles. The lowest BCUT2D eigenvalue weighted by Crippen LogP contribution is -2.30. The van der Waals surface area contributed by atoms with Gasteiger partial charge in [-0.05, 0) is 40.0 Å². The van der Waals surface area contributed by atoms with Crippen molar-refractivity contribution in [1.29, 1.82) is 0 Å². The lowest BCUT2D eigenvalue weighted by atomic mass is 10.2. The van der Waals surface area contributed by atoms with E-state index < -0.39 is 0 Å². The molecule has 0 fully saturated rings. The van der Waals surface area contributed by atoms with Gasteiger partial charge in [0.2, 0.25) is 0 Å². The molecule has 0 aliphatic carbocycles. The van der Waals surface area contributed by atoms with Crippen LogP contribution >= 0.6 is 0 Å². The number of nitrogens with one attached hydrogen (secondary N) is 1. The van der Waals surface area contributed by atoms with Gasteiger partial charge in [-0.25, -0.2) is 0 Å². The Morgan fingerprint density at radius 3 is 2.53 bits per heavy atom. The molecule has 1 unspecified atom stereocenters. The van der Waals surface area contributed by atoms with Crippen LogP contribution in [0.15, 0.2) is 31.0 Å². The summed E-state index contributed by atoms with van der Waals surface area (Å²) in [5.41, 5.74) is 2.21. The highest BCUT2D eigenvalue weighted by atomic mass is 15.2. The summed E-state index contributed by atoms with van der Waals surface area (Å²) < 4.78 is 0. The van der Waals surface area contributed by atoms with Crippen LogP contribution in [0.5, 0.6) is 0 Å². The summed E-state index contributed by atoms with van der Waals surface area (Å²) >= 11 is 0. The second-order valence-corrected chi connectivity index (χ2v) is 4.49. The summed E-state index contributed by atoms with van der Waals surface area (Å²) in [6.45, 7) is 11.1. The van der Waals surface area contributed by atoms with E-state index in [4.69, 9.17) is 0 Å². The molecule has 0 aromatic carbocycles. The van der Waals surface area contributed by atoms with Crippen LogP contribution in [0.2, 0.25) is 0 Å². The van der Waals surface area contributed by atoms with Gasteiger partial charge in [-0.1, -0.05) is 6.08 Å². The van der Waals surface area contributed by atoms with Crippen LogP contribution in [0.25, 0.3) is 0 Å². The molecule has 0 saturated carbocycles. The first-order chi connectivity index (χ1) is 8.10. The summed E-state index contributed by atoms with van der Waals surface area (Å²) in [7, 11) is 1.94. The predicted molar refractivity (Wildman–Crippen MR) is 74.4 cm³/mol. The normalized spacial score (nSPS) is 12.5. The van der Waals surface area contributed by atoms with Crippen molar-refractivity contribution in [3.8, 4) is 0 Å². The Hall–Kier alpha value is -1.35. The summed E-state index contributed by atoms with van der Waals surface area (Å²) in [6.07, 6.45) is 3.86. The lowest BCUT2D eigenvalue weighted by molar-refractivity contribution is 0.632. The molecule has 0 spiro atoms. The number of nitrogens with zero attached hydrogens (tertiary/aromatic N) is 2. The third-order valence-corrected chi connectivity index (χ3v) is 2.93. The van der Waals surface area contributed by atoms with Crippen LogP contribution in [0.4, 0.5) is 5.69 Å². The van der Waals surface area contributed by atoms with Crippen molar-refractivity contribution >= 4 is 5.69 Å². The van der Waals surface area contributed by atoms with Crippen molar-refractivity contribution < 1.29 is 0 Å². The molecule has 1 heterocycles. The van der Waals surface area contributed by atoms with Crippen LogP contribution in [-0.2, 0) is 0 Å². The average Bonchev–Trinajstić information content (AvgIpc) is 2.35. The van der Waals surface area contributed by atoms with E-state index in [1.807, 2.05) is 19.3 Å². The van der Waals surface area contributed by atoms with E-state index in [0.717, 1.165) is 17.9 Å². The SMILES string of the molecule is C=CCN(c1ccc(C(C)NC)nc1)C(C)C. The van der Waals surface area contributed by atoms with Crippen LogP contribution in [-0.4, -0.2) is 24.6 Å². The van der Waals surface area contributed by atoms with E-state index >= 15 is 0 Å². The zero-order chi connectivity index (χ0) is 12.8. The Bertz CT molecular complexity index is 343. The molecule has 1 N–H and O–H groups in total. The third-order valence-electron chi connectivity index (χ3n) is 2.93. The molecule has 1 aromatic heterocycles. The summed E-state index contributed by atoms with van der Waals surface area (Å²) in [5, 5.41) is 3.19. The molecular formula is C14H23N3. The minimum Gasteiger partial charge on any atom is -0.364 e. The van der Waals surface area contributed by atoms with E-state index in [0.29, 0.717) is 6.04 Å². The minimum atomic E-state index is 0.288. The molecule has 0 amide bonds. The summed E-state index contributed by atoms with van der Waals surface area (Å²) in [6, 6.07) is 4.94. The molecule has 17 heavy (non-hydrogen) atoms. The van der Waals surface area contributed by atoms with E-state index in [1.54, 1.807) is 0 Å². The molecule has 0 saturated heterocycles. The van der Waals surface area contributed by atoms with Crippen LogP contribution < -0.4 is 10.2 Å². The summed E-state index contributed by atoms with van der Waals surface area (Å²) in [4.78, 5) is 6.77. The first kappa shape index (κ1) is 13.7. The highest BCUT2D eigenvalue weighted by Gasteiger charge is 2.10. The fourth-order valence-electron chi connectivity index (χ4n) is 1.72. The largest absolute Gasteiger partial charge is 0.364 e. The molecule has 1 atom stereocenters. The van der Waals surface area contributed by atoms with Gasteiger partial charge in [-0.15, -0.1) is 6.58 Å². The van der Waals surface area contributed by atoms with Crippen molar-refractivity contribution in [2.24, 2.45) is 0 Å². The maximum Gasteiger partial charge on any atom is 0.0571 e. The maximum absolute atomic E-state index is 4.50. The van der Waals surface area contributed by atoms with E-state index in [-0.39, 0.29) is 6.04 Å². The average molecular weight is 233 g/mol. The second kappa shape index (κ2) is 6.40. The number of rotatable bonds is 6. The number of pyridine rings is 1. The third kappa shape index (κ3) is 3.56. The summed E-state index contributed by atoms with van der Waals surface area (Å²) in [5.74, 6) is 0. The van der Waals surface area contributed by atoms with Crippen LogP contribution in [0.1, 0.15) is 32.5 Å². The predicted octanol–water partition coefficient (Wildman–Crippen LogP) is 2.76. The lowest BCUT2D eigenvalue weighted by Gasteiger charge is -2.27. The minimum absolute atomic E-state index is 0.288. The van der Waals surface area contributed by atoms with Crippen LogP contribution in [0.3, 0.4) is 0 Å². The molecule has 94 valence electrons. The molecule has 0 radical (unpaired) electrons. The quantitative estimate of drug-likeness (QED) is 0.766.